The fraction of sp³-hybridized carbons (Fsp3) is 0.125. The SMILES string of the molecule is COc1ccc(Br)n2ccnc12. The second-order valence-corrected chi connectivity index (χ2v) is 3.16. The molecule has 2 aromatic rings. The average molecular weight is 227 g/mol. The fourth-order valence-corrected chi connectivity index (χ4v) is 1.54. The topological polar surface area (TPSA) is 26.5 Å². The van der Waals surface area contributed by atoms with Gasteiger partial charge in [-0.2, -0.15) is 0 Å². The molecule has 0 radical (unpaired) electrons. The zero-order chi connectivity index (χ0) is 8.55. The van der Waals surface area contributed by atoms with Crippen molar-refractivity contribution in [2.75, 3.05) is 7.11 Å². The second-order valence-electron chi connectivity index (χ2n) is 2.35. The van der Waals surface area contributed by atoms with E-state index in [0.29, 0.717) is 0 Å². The minimum atomic E-state index is 0.781. The molecule has 0 unspecified atom stereocenters. The van der Waals surface area contributed by atoms with E-state index in [4.69, 9.17) is 4.74 Å². The van der Waals surface area contributed by atoms with Crippen molar-refractivity contribution >= 4 is 21.6 Å². The Morgan fingerprint density at radius 2 is 2.33 bits per heavy atom. The number of rotatable bonds is 1. The number of methoxy groups -OCH3 is 1. The van der Waals surface area contributed by atoms with Crippen LogP contribution in [-0.2, 0) is 0 Å². The summed E-state index contributed by atoms with van der Waals surface area (Å²) in [5.41, 5.74) is 0.826. The van der Waals surface area contributed by atoms with Crippen LogP contribution >= 0.6 is 15.9 Å². The molecule has 0 atom stereocenters. The van der Waals surface area contributed by atoms with Crippen LogP contribution in [0.3, 0.4) is 0 Å². The first kappa shape index (κ1) is 7.61. The predicted molar refractivity (Wildman–Crippen MR) is 49.4 cm³/mol. The van der Waals surface area contributed by atoms with E-state index in [1.165, 1.54) is 0 Å². The van der Waals surface area contributed by atoms with Crippen molar-refractivity contribution in [3.63, 3.8) is 0 Å². The number of ether oxygens (including phenoxy) is 1. The molecule has 0 N–H and O–H groups in total. The first-order chi connectivity index (χ1) is 5.83. The molecule has 4 heteroatoms. The van der Waals surface area contributed by atoms with Crippen molar-refractivity contribution < 1.29 is 4.74 Å². The summed E-state index contributed by atoms with van der Waals surface area (Å²) in [7, 11) is 1.64. The molecule has 62 valence electrons. The zero-order valence-electron chi connectivity index (χ0n) is 6.49. The summed E-state index contributed by atoms with van der Waals surface area (Å²) in [6, 6.07) is 3.81. The maximum Gasteiger partial charge on any atom is 0.180 e. The highest BCUT2D eigenvalue weighted by atomic mass is 79.9. The Morgan fingerprint density at radius 3 is 3.08 bits per heavy atom. The third-order valence-corrected chi connectivity index (χ3v) is 2.33. The number of hydrogen-bond donors (Lipinski definition) is 0. The first-order valence-corrected chi connectivity index (χ1v) is 4.28. The van der Waals surface area contributed by atoms with Crippen LogP contribution in [0.1, 0.15) is 0 Å². The molecule has 0 aliphatic carbocycles. The Balaban J connectivity index is 2.82. The van der Waals surface area contributed by atoms with Gasteiger partial charge in [0.25, 0.3) is 0 Å². The van der Waals surface area contributed by atoms with Crippen molar-refractivity contribution in [1.82, 2.24) is 9.38 Å². The van der Waals surface area contributed by atoms with E-state index in [2.05, 4.69) is 20.9 Å². The highest BCUT2D eigenvalue weighted by Gasteiger charge is 2.03. The van der Waals surface area contributed by atoms with Crippen LogP contribution in [0.4, 0.5) is 0 Å². The third-order valence-electron chi connectivity index (χ3n) is 1.68. The van der Waals surface area contributed by atoms with Crippen LogP contribution in [0, 0.1) is 0 Å². The monoisotopic (exact) mass is 226 g/mol. The lowest BCUT2D eigenvalue weighted by Crippen LogP contribution is -1.90. The van der Waals surface area contributed by atoms with E-state index >= 15 is 0 Å². The van der Waals surface area contributed by atoms with Crippen LogP contribution in [0.2, 0.25) is 0 Å². The molecule has 0 saturated carbocycles. The molecule has 0 fully saturated rings. The molecular formula is C8H7BrN2O. The summed E-state index contributed by atoms with van der Waals surface area (Å²) in [4.78, 5) is 4.16. The van der Waals surface area contributed by atoms with Crippen molar-refractivity contribution in [3.05, 3.63) is 29.1 Å². The summed E-state index contributed by atoms with van der Waals surface area (Å²) in [5.74, 6) is 0.781. The van der Waals surface area contributed by atoms with Crippen LogP contribution < -0.4 is 4.74 Å². The lowest BCUT2D eigenvalue weighted by atomic mass is 10.4. The van der Waals surface area contributed by atoms with E-state index in [1.54, 1.807) is 13.3 Å². The molecule has 12 heavy (non-hydrogen) atoms. The van der Waals surface area contributed by atoms with Crippen molar-refractivity contribution in [3.8, 4) is 5.75 Å². The van der Waals surface area contributed by atoms with Crippen LogP contribution in [0.25, 0.3) is 5.65 Å². The van der Waals surface area contributed by atoms with Crippen LogP contribution in [0.5, 0.6) is 5.75 Å². The Kier molecular flexibility index (Phi) is 1.77. The van der Waals surface area contributed by atoms with Crippen LogP contribution in [0.15, 0.2) is 29.1 Å². The zero-order valence-corrected chi connectivity index (χ0v) is 8.08. The quantitative estimate of drug-likeness (QED) is 0.697. The largest absolute Gasteiger partial charge is 0.493 e. The molecule has 0 spiro atoms. The standard InChI is InChI=1S/C8H7BrN2O/c1-12-6-2-3-7(9)11-5-4-10-8(6)11/h2-5H,1H3. The second kappa shape index (κ2) is 2.79. The number of imidazole rings is 1. The summed E-state index contributed by atoms with van der Waals surface area (Å²) in [6.45, 7) is 0. The van der Waals surface area contributed by atoms with Gasteiger partial charge in [-0.25, -0.2) is 4.98 Å². The van der Waals surface area contributed by atoms with E-state index in [1.807, 2.05) is 22.7 Å². The Bertz CT molecular complexity index is 410. The Labute approximate surface area is 78.1 Å². The lowest BCUT2D eigenvalue weighted by molar-refractivity contribution is 0.416. The number of aromatic nitrogens is 2. The normalized spacial score (nSPS) is 10.5. The van der Waals surface area contributed by atoms with Gasteiger partial charge in [-0.3, -0.25) is 4.40 Å². The molecular weight excluding hydrogens is 220 g/mol. The highest BCUT2D eigenvalue weighted by molar-refractivity contribution is 9.10. The maximum atomic E-state index is 5.14. The van der Waals surface area contributed by atoms with Crippen molar-refractivity contribution in [2.24, 2.45) is 0 Å². The van der Waals surface area contributed by atoms with Gasteiger partial charge in [0.1, 0.15) is 0 Å². The van der Waals surface area contributed by atoms with Gasteiger partial charge in [0, 0.05) is 12.4 Å². The lowest BCUT2D eigenvalue weighted by Gasteiger charge is -2.02. The van der Waals surface area contributed by atoms with Crippen LogP contribution in [-0.4, -0.2) is 16.5 Å². The number of hydrogen-bond acceptors (Lipinski definition) is 2. The maximum absolute atomic E-state index is 5.14. The smallest absolute Gasteiger partial charge is 0.180 e. The summed E-state index contributed by atoms with van der Waals surface area (Å²) in [6.07, 6.45) is 3.62. The number of pyridine rings is 1. The summed E-state index contributed by atoms with van der Waals surface area (Å²) >= 11 is 3.41. The predicted octanol–water partition coefficient (Wildman–Crippen LogP) is 2.11. The van der Waals surface area contributed by atoms with E-state index in [0.717, 1.165) is 16.0 Å². The number of halogens is 1. The minimum absolute atomic E-state index is 0.781. The molecule has 0 aliphatic rings. The van der Waals surface area contributed by atoms with Crippen molar-refractivity contribution in [1.29, 1.82) is 0 Å². The highest BCUT2D eigenvalue weighted by Crippen LogP contribution is 2.21. The molecule has 2 heterocycles. The number of nitrogens with zero attached hydrogens (tertiary/aromatic N) is 2. The molecule has 2 aromatic heterocycles. The molecule has 2 rings (SSSR count). The fourth-order valence-electron chi connectivity index (χ4n) is 1.12. The van der Waals surface area contributed by atoms with Gasteiger partial charge in [0.2, 0.25) is 0 Å². The molecule has 0 bridgehead atoms. The Hall–Kier alpha value is -1.03. The first-order valence-electron chi connectivity index (χ1n) is 3.48. The van der Waals surface area contributed by atoms with E-state index < -0.39 is 0 Å². The molecule has 0 aliphatic heterocycles. The number of fused-ring (bicyclic) bond motifs is 1. The van der Waals surface area contributed by atoms with E-state index in [-0.39, 0.29) is 0 Å². The van der Waals surface area contributed by atoms with E-state index in [9.17, 15) is 0 Å². The third kappa shape index (κ3) is 0.992. The molecule has 0 saturated heterocycles. The van der Waals surface area contributed by atoms with Gasteiger partial charge in [-0.1, -0.05) is 0 Å². The summed E-state index contributed by atoms with van der Waals surface area (Å²) in [5, 5.41) is 0. The average Bonchev–Trinajstić information content (AvgIpc) is 2.54. The molecule has 0 aromatic carbocycles. The molecule has 0 amide bonds. The van der Waals surface area contributed by atoms with Gasteiger partial charge >= 0.3 is 0 Å². The molecule has 3 nitrogen and oxygen atoms in total. The van der Waals surface area contributed by atoms with Gasteiger partial charge < -0.3 is 4.74 Å². The Morgan fingerprint density at radius 1 is 1.50 bits per heavy atom. The van der Waals surface area contributed by atoms with Gasteiger partial charge in [0.05, 0.1) is 11.7 Å². The van der Waals surface area contributed by atoms with Gasteiger partial charge in [-0.05, 0) is 28.1 Å². The van der Waals surface area contributed by atoms with Gasteiger partial charge in [0.15, 0.2) is 11.4 Å². The van der Waals surface area contributed by atoms with Gasteiger partial charge in [-0.15, -0.1) is 0 Å². The summed E-state index contributed by atoms with van der Waals surface area (Å²) < 4.78 is 8.02. The minimum Gasteiger partial charge on any atom is -0.493 e. The van der Waals surface area contributed by atoms with Crippen molar-refractivity contribution in [2.45, 2.75) is 0 Å².